The number of nitrogens with one attached hydrogen (secondary N) is 2. The quantitative estimate of drug-likeness (QED) is 0.652. The van der Waals surface area contributed by atoms with Crippen LogP contribution in [-0.4, -0.2) is 29.7 Å². The van der Waals surface area contributed by atoms with Gasteiger partial charge in [0.05, 0.1) is 0 Å². The number of fused-ring (bicyclic) bond motifs is 1. The topological polar surface area (TPSA) is 40.2 Å². The van der Waals surface area contributed by atoms with Crippen LogP contribution < -0.4 is 15.5 Å². The predicted molar refractivity (Wildman–Crippen MR) is 100 cm³/mol. The summed E-state index contributed by atoms with van der Waals surface area (Å²) >= 11 is 5.31. The molecule has 0 radical (unpaired) electrons. The van der Waals surface area contributed by atoms with Gasteiger partial charge in [0.2, 0.25) is 0 Å². The number of rotatable bonds is 5. The zero-order chi connectivity index (χ0) is 16.1. The average molecular weight is 326 g/mol. The Hall–Kier alpha value is -2.14. The van der Waals surface area contributed by atoms with Gasteiger partial charge in [0.25, 0.3) is 0 Å². The first-order valence-electron chi connectivity index (χ1n) is 8.04. The summed E-state index contributed by atoms with van der Waals surface area (Å²) in [5.41, 5.74) is 3.82. The van der Waals surface area contributed by atoms with E-state index in [0.717, 1.165) is 44.0 Å². The van der Waals surface area contributed by atoms with E-state index in [4.69, 9.17) is 12.2 Å². The van der Waals surface area contributed by atoms with Crippen LogP contribution in [0.4, 0.5) is 11.5 Å². The third-order valence-corrected chi connectivity index (χ3v) is 4.25. The van der Waals surface area contributed by atoms with E-state index in [1.165, 1.54) is 11.3 Å². The molecule has 3 rings (SSSR count). The fourth-order valence-corrected chi connectivity index (χ4v) is 3.09. The number of hydrogen-bond acceptors (Lipinski definition) is 3. The van der Waals surface area contributed by atoms with Crippen molar-refractivity contribution >= 4 is 28.8 Å². The number of hydrogen-bond donors (Lipinski definition) is 2. The number of nitrogens with zero attached hydrogens (tertiary/aromatic N) is 2. The molecule has 0 amide bonds. The number of aromatic nitrogens is 1. The molecule has 0 fully saturated rings. The number of pyridine rings is 1. The lowest BCUT2D eigenvalue weighted by atomic mass is 10.2. The molecule has 2 aromatic rings. The molecule has 2 N–H and O–H groups in total. The molecule has 1 aliphatic heterocycles. The van der Waals surface area contributed by atoms with Crippen molar-refractivity contribution in [3.63, 3.8) is 0 Å². The van der Waals surface area contributed by atoms with Crippen molar-refractivity contribution < 1.29 is 0 Å². The van der Waals surface area contributed by atoms with Gasteiger partial charge in [0.15, 0.2) is 5.11 Å². The van der Waals surface area contributed by atoms with E-state index in [1.54, 1.807) is 0 Å². The summed E-state index contributed by atoms with van der Waals surface area (Å²) in [5.74, 6) is 0.788. The highest BCUT2D eigenvalue weighted by Crippen LogP contribution is 2.27. The van der Waals surface area contributed by atoms with Gasteiger partial charge < -0.3 is 15.5 Å². The zero-order valence-electron chi connectivity index (χ0n) is 13.4. The molecule has 1 aromatic carbocycles. The maximum Gasteiger partial charge on any atom is 0.171 e. The molecule has 2 heterocycles. The molecule has 0 saturated heterocycles. The Labute approximate surface area is 142 Å². The Bertz CT molecular complexity index is 686. The van der Waals surface area contributed by atoms with Crippen molar-refractivity contribution in [2.75, 3.05) is 29.9 Å². The van der Waals surface area contributed by atoms with Crippen LogP contribution in [0.15, 0.2) is 42.5 Å². The van der Waals surface area contributed by atoms with E-state index < -0.39 is 0 Å². The summed E-state index contributed by atoms with van der Waals surface area (Å²) in [6.07, 6.45) is 2.21. The van der Waals surface area contributed by atoms with Crippen molar-refractivity contribution in [3.05, 3.63) is 53.7 Å². The molecule has 0 saturated carbocycles. The molecule has 0 unspecified atom stereocenters. The average Bonchev–Trinajstić information content (AvgIpc) is 2.95. The molecular formula is C18H22N4S. The number of thiocarbonyl (C=S) groups is 1. The molecule has 0 atom stereocenters. The summed E-state index contributed by atoms with van der Waals surface area (Å²) in [4.78, 5) is 6.84. The van der Waals surface area contributed by atoms with Crippen LogP contribution in [-0.2, 0) is 6.42 Å². The number of benzene rings is 1. The van der Waals surface area contributed by atoms with Gasteiger partial charge >= 0.3 is 0 Å². The Balaban J connectivity index is 1.40. The minimum Gasteiger partial charge on any atom is -0.371 e. The molecule has 120 valence electrons. The van der Waals surface area contributed by atoms with Crippen molar-refractivity contribution in [1.29, 1.82) is 0 Å². The van der Waals surface area contributed by atoms with Crippen molar-refractivity contribution in [2.24, 2.45) is 0 Å². The first-order chi connectivity index (χ1) is 11.2. The monoisotopic (exact) mass is 326 g/mol. The van der Waals surface area contributed by atoms with Crippen molar-refractivity contribution in [3.8, 4) is 0 Å². The highest BCUT2D eigenvalue weighted by atomic mass is 32.1. The standard InChI is InChI=1S/C18H22N4S/c1-14-6-4-9-17(20-14)21-18(23)19-11-5-12-22-13-10-15-7-2-3-8-16(15)22/h2-4,6-9H,5,10-13H2,1H3,(H2,19,20,21,23). The van der Waals surface area contributed by atoms with Crippen LogP contribution in [0.5, 0.6) is 0 Å². The van der Waals surface area contributed by atoms with Gasteiger partial charge in [-0.15, -0.1) is 0 Å². The lowest BCUT2D eigenvalue weighted by Crippen LogP contribution is -2.32. The van der Waals surface area contributed by atoms with Crippen molar-refractivity contribution in [2.45, 2.75) is 19.8 Å². The summed E-state index contributed by atoms with van der Waals surface area (Å²) in [6, 6.07) is 14.5. The minimum atomic E-state index is 0.630. The van der Waals surface area contributed by atoms with Crippen LogP contribution in [0.1, 0.15) is 17.7 Å². The number of anilines is 2. The van der Waals surface area contributed by atoms with Gasteiger partial charge in [-0.3, -0.25) is 0 Å². The SMILES string of the molecule is Cc1cccc(NC(=S)NCCCN2CCc3ccccc32)n1. The van der Waals surface area contributed by atoms with E-state index in [2.05, 4.69) is 44.8 Å². The Morgan fingerprint density at radius 2 is 2.09 bits per heavy atom. The second kappa shape index (κ2) is 7.42. The maximum absolute atomic E-state index is 5.31. The zero-order valence-corrected chi connectivity index (χ0v) is 14.2. The van der Waals surface area contributed by atoms with Crippen LogP contribution in [0, 0.1) is 6.92 Å². The normalized spacial score (nSPS) is 12.8. The lowest BCUT2D eigenvalue weighted by Gasteiger charge is -2.19. The summed E-state index contributed by atoms with van der Waals surface area (Å²) in [5, 5.41) is 7.00. The molecule has 23 heavy (non-hydrogen) atoms. The van der Waals surface area contributed by atoms with Gasteiger partial charge in [-0.25, -0.2) is 4.98 Å². The van der Waals surface area contributed by atoms with E-state index in [0.29, 0.717) is 5.11 Å². The fourth-order valence-electron chi connectivity index (χ4n) is 2.88. The lowest BCUT2D eigenvalue weighted by molar-refractivity contribution is 0.730. The Morgan fingerprint density at radius 3 is 2.96 bits per heavy atom. The van der Waals surface area contributed by atoms with Crippen LogP contribution in [0.2, 0.25) is 0 Å². The molecule has 5 heteroatoms. The largest absolute Gasteiger partial charge is 0.371 e. The van der Waals surface area contributed by atoms with Gasteiger partial charge in [-0.05, 0) is 55.7 Å². The molecule has 1 aromatic heterocycles. The predicted octanol–water partition coefficient (Wildman–Crippen LogP) is 3.13. The Morgan fingerprint density at radius 1 is 1.22 bits per heavy atom. The van der Waals surface area contributed by atoms with Crippen LogP contribution in [0.25, 0.3) is 0 Å². The molecule has 1 aliphatic rings. The van der Waals surface area contributed by atoms with E-state index in [1.807, 2.05) is 25.1 Å². The van der Waals surface area contributed by atoms with Gasteiger partial charge in [0.1, 0.15) is 5.82 Å². The third kappa shape index (κ3) is 4.20. The molecule has 0 spiro atoms. The molecule has 0 aliphatic carbocycles. The number of aryl methyl sites for hydroxylation is 1. The van der Waals surface area contributed by atoms with Gasteiger partial charge in [-0.2, -0.15) is 0 Å². The Kier molecular flexibility index (Phi) is 5.08. The second-order valence-electron chi connectivity index (χ2n) is 5.76. The smallest absolute Gasteiger partial charge is 0.171 e. The van der Waals surface area contributed by atoms with E-state index >= 15 is 0 Å². The van der Waals surface area contributed by atoms with E-state index in [-0.39, 0.29) is 0 Å². The molecular weight excluding hydrogens is 304 g/mol. The maximum atomic E-state index is 5.31. The van der Waals surface area contributed by atoms with Crippen LogP contribution in [0.3, 0.4) is 0 Å². The first kappa shape index (κ1) is 15.7. The molecule has 4 nitrogen and oxygen atoms in total. The van der Waals surface area contributed by atoms with E-state index in [9.17, 15) is 0 Å². The third-order valence-electron chi connectivity index (χ3n) is 4.00. The first-order valence-corrected chi connectivity index (χ1v) is 8.44. The number of para-hydroxylation sites is 1. The van der Waals surface area contributed by atoms with Gasteiger partial charge in [0, 0.05) is 31.0 Å². The summed E-state index contributed by atoms with van der Waals surface area (Å²) in [7, 11) is 0. The fraction of sp³-hybridized carbons (Fsp3) is 0.333. The summed E-state index contributed by atoms with van der Waals surface area (Å²) in [6.45, 7) is 5.00. The highest BCUT2D eigenvalue weighted by Gasteiger charge is 2.17. The molecule has 0 bridgehead atoms. The highest BCUT2D eigenvalue weighted by molar-refractivity contribution is 7.80. The van der Waals surface area contributed by atoms with Gasteiger partial charge in [-0.1, -0.05) is 24.3 Å². The second-order valence-corrected chi connectivity index (χ2v) is 6.17. The van der Waals surface area contributed by atoms with Crippen LogP contribution >= 0.6 is 12.2 Å². The summed E-state index contributed by atoms with van der Waals surface area (Å²) < 4.78 is 0. The minimum absolute atomic E-state index is 0.630. The van der Waals surface area contributed by atoms with Crippen molar-refractivity contribution in [1.82, 2.24) is 10.3 Å².